The van der Waals surface area contributed by atoms with Crippen LogP contribution in [-0.2, 0) is 9.59 Å². The summed E-state index contributed by atoms with van der Waals surface area (Å²) in [6.07, 6.45) is 4.82. The van der Waals surface area contributed by atoms with Gasteiger partial charge >= 0.3 is 0 Å². The fourth-order valence-corrected chi connectivity index (χ4v) is 4.99. The van der Waals surface area contributed by atoms with Crippen molar-refractivity contribution >= 4 is 12.1 Å². The number of allylic oxidation sites excluding steroid dienone is 2. The van der Waals surface area contributed by atoms with Gasteiger partial charge in [0, 0.05) is 12.3 Å². The Morgan fingerprint density at radius 3 is 2.76 bits per heavy atom. The van der Waals surface area contributed by atoms with E-state index in [2.05, 4.69) is 26.8 Å². The van der Waals surface area contributed by atoms with Gasteiger partial charge in [0.2, 0.25) is 0 Å². The van der Waals surface area contributed by atoms with Crippen LogP contribution in [0.4, 0.5) is 0 Å². The number of ketones is 1. The van der Waals surface area contributed by atoms with Crippen LogP contribution in [0.1, 0.15) is 33.6 Å². The number of hydrogen-bond donors (Lipinski definition) is 0. The lowest BCUT2D eigenvalue weighted by Crippen LogP contribution is -2.67. The molecule has 4 aliphatic carbocycles. The van der Waals surface area contributed by atoms with E-state index in [1.165, 1.54) is 0 Å². The van der Waals surface area contributed by atoms with Gasteiger partial charge in [0.25, 0.3) is 0 Å². The molecule has 92 valence electrons. The summed E-state index contributed by atoms with van der Waals surface area (Å²) in [5.74, 6) is 2.49. The zero-order valence-electron chi connectivity index (χ0n) is 10.8. The van der Waals surface area contributed by atoms with Crippen LogP contribution in [0.3, 0.4) is 0 Å². The molecule has 0 heterocycles. The molecule has 0 N–H and O–H groups in total. The van der Waals surface area contributed by atoms with E-state index in [1.807, 2.05) is 0 Å². The van der Waals surface area contributed by atoms with Crippen molar-refractivity contribution in [2.75, 3.05) is 0 Å². The molecule has 0 aromatic rings. The quantitative estimate of drug-likeness (QED) is 0.686. The van der Waals surface area contributed by atoms with Gasteiger partial charge in [-0.2, -0.15) is 0 Å². The van der Waals surface area contributed by atoms with E-state index in [9.17, 15) is 9.59 Å². The first-order valence-corrected chi connectivity index (χ1v) is 6.68. The lowest BCUT2D eigenvalue weighted by atomic mass is 9.34. The molecule has 4 aliphatic rings. The molecule has 0 saturated heterocycles. The smallest absolute Gasteiger partial charge is 0.146 e. The molecule has 4 bridgehead atoms. The predicted octanol–water partition coefficient (Wildman–Crippen LogP) is 2.63. The largest absolute Gasteiger partial charge is 0.299 e. The Bertz CT molecular complexity index is 421. The summed E-state index contributed by atoms with van der Waals surface area (Å²) in [5, 5.41) is 0. The number of rotatable bonds is 2. The summed E-state index contributed by atoms with van der Waals surface area (Å²) >= 11 is 0. The molecule has 17 heavy (non-hydrogen) atoms. The van der Waals surface area contributed by atoms with Crippen molar-refractivity contribution in [2.24, 2.45) is 35.0 Å². The molecule has 3 saturated carbocycles. The van der Waals surface area contributed by atoms with E-state index in [0.717, 1.165) is 18.3 Å². The van der Waals surface area contributed by atoms with Gasteiger partial charge in [0.1, 0.15) is 12.1 Å². The van der Waals surface area contributed by atoms with Gasteiger partial charge in [-0.3, -0.25) is 9.59 Å². The Morgan fingerprint density at radius 2 is 2.18 bits per heavy atom. The van der Waals surface area contributed by atoms with Crippen LogP contribution < -0.4 is 0 Å². The number of carbonyl (C=O) groups excluding carboxylic acids is 2. The molecule has 2 heteroatoms. The van der Waals surface area contributed by atoms with Crippen LogP contribution in [-0.4, -0.2) is 12.1 Å². The van der Waals surface area contributed by atoms with E-state index < -0.39 is 0 Å². The van der Waals surface area contributed by atoms with Crippen molar-refractivity contribution in [3.05, 3.63) is 11.6 Å². The maximum absolute atomic E-state index is 12.2. The lowest BCUT2D eigenvalue weighted by Gasteiger charge is -2.68. The third-order valence-corrected chi connectivity index (χ3v) is 5.57. The van der Waals surface area contributed by atoms with Crippen LogP contribution in [0, 0.1) is 35.0 Å². The molecule has 5 unspecified atom stereocenters. The number of aldehydes is 1. The van der Waals surface area contributed by atoms with Crippen molar-refractivity contribution < 1.29 is 9.59 Å². The molecule has 4 rings (SSSR count). The van der Waals surface area contributed by atoms with Crippen molar-refractivity contribution in [1.29, 1.82) is 0 Å². The minimum absolute atomic E-state index is 0.0954. The van der Waals surface area contributed by atoms with Gasteiger partial charge in [-0.25, -0.2) is 0 Å². The van der Waals surface area contributed by atoms with E-state index in [0.29, 0.717) is 35.9 Å². The second kappa shape index (κ2) is 3.30. The molecule has 0 aromatic carbocycles. The molecule has 0 aromatic heterocycles. The van der Waals surface area contributed by atoms with Crippen LogP contribution in [0.25, 0.3) is 0 Å². The highest BCUT2D eigenvalue weighted by molar-refractivity contribution is 5.87. The minimum Gasteiger partial charge on any atom is -0.299 e. The molecular weight excluding hydrogens is 212 g/mol. The highest BCUT2D eigenvalue weighted by atomic mass is 16.1. The first kappa shape index (κ1) is 11.2. The first-order chi connectivity index (χ1) is 8.00. The average Bonchev–Trinajstić information content (AvgIpc) is 2.27. The monoisotopic (exact) mass is 232 g/mol. The standard InChI is InChI=1S/C15H20O2/c1-8(2)12-11(17)6-15(3)10-5-4-9(7-16)14(15)13(10)12/h4,7-8,10,12-14H,5-6H2,1-3H3. The van der Waals surface area contributed by atoms with Gasteiger partial charge in [-0.15, -0.1) is 0 Å². The maximum atomic E-state index is 12.2. The molecule has 3 fully saturated rings. The minimum atomic E-state index is 0.0954. The Labute approximate surface area is 102 Å². The Hall–Kier alpha value is -0.920. The molecule has 0 spiro atoms. The highest BCUT2D eigenvalue weighted by Crippen LogP contribution is 2.70. The topological polar surface area (TPSA) is 34.1 Å². The summed E-state index contributed by atoms with van der Waals surface area (Å²) in [4.78, 5) is 23.4. The first-order valence-electron chi connectivity index (χ1n) is 6.68. The van der Waals surface area contributed by atoms with Crippen LogP contribution in [0.5, 0.6) is 0 Å². The third kappa shape index (κ3) is 1.16. The summed E-state index contributed by atoms with van der Waals surface area (Å²) in [6, 6.07) is 0. The maximum Gasteiger partial charge on any atom is 0.146 e. The zero-order chi connectivity index (χ0) is 12.4. The van der Waals surface area contributed by atoms with Crippen LogP contribution in [0.2, 0.25) is 0 Å². The van der Waals surface area contributed by atoms with Crippen molar-refractivity contribution in [3.8, 4) is 0 Å². The zero-order valence-corrected chi connectivity index (χ0v) is 10.8. The van der Waals surface area contributed by atoms with E-state index >= 15 is 0 Å². The predicted molar refractivity (Wildman–Crippen MR) is 65.3 cm³/mol. The van der Waals surface area contributed by atoms with Gasteiger partial charge in [-0.05, 0) is 41.1 Å². The fourth-order valence-electron chi connectivity index (χ4n) is 4.99. The van der Waals surface area contributed by atoms with Crippen molar-refractivity contribution in [3.63, 3.8) is 0 Å². The second-order valence-electron chi connectivity index (χ2n) is 6.64. The number of Topliss-reactive ketones (excluding diaryl/α,β-unsaturated/α-hetero) is 1. The van der Waals surface area contributed by atoms with Gasteiger partial charge in [0.15, 0.2) is 0 Å². The van der Waals surface area contributed by atoms with Gasteiger partial charge < -0.3 is 0 Å². The van der Waals surface area contributed by atoms with Crippen LogP contribution >= 0.6 is 0 Å². The SMILES string of the molecule is CC(C)C1C(=O)CC2(C)C3CC=C(C=O)C2C13. The van der Waals surface area contributed by atoms with E-state index in [1.54, 1.807) is 0 Å². The normalized spacial score (nSPS) is 47.5. The number of carbonyl (C=O) groups is 2. The number of hydrogen-bond acceptors (Lipinski definition) is 2. The third-order valence-electron chi connectivity index (χ3n) is 5.57. The molecule has 0 radical (unpaired) electrons. The lowest BCUT2D eigenvalue weighted by molar-refractivity contribution is -0.188. The summed E-state index contributed by atoms with van der Waals surface area (Å²) in [5.41, 5.74) is 1.07. The van der Waals surface area contributed by atoms with E-state index in [4.69, 9.17) is 0 Å². The molecule has 0 amide bonds. The van der Waals surface area contributed by atoms with Crippen LogP contribution in [0.15, 0.2) is 11.6 Å². The summed E-state index contributed by atoms with van der Waals surface area (Å²) in [7, 11) is 0. The van der Waals surface area contributed by atoms with Crippen molar-refractivity contribution in [1.82, 2.24) is 0 Å². The Morgan fingerprint density at radius 1 is 1.47 bits per heavy atom. The number of fused-ring (bicyclic) bond motifs is 2. The molecular formula is C15H20O2. The summed E-state index contributed by atoms with van der Waals surface area (Å²) in [6.45, 7) is 6.50. The fraction of sp³-hybridized carbons (Fsp3) is 0.733. The highest BCUT2D eigenvalue weighted by Gasteiger charge is 2.68. The Balaban J connectivity index is 2.02. The van der Waals surface area contributed by atoms with Gasteiger partial charge in [-0.1, -0.05) is 26.8 Å². The Kier molecular flexibility index (Phi) is 2.17. The molecule has 5 atom stereocenters. The van der Waals surface area contributed by atoms with Crippen molar-refractivity contribution in [2.45, 2.75) is 33.6 Å². The van der Waals surface area contributed by atoms with Gasteiger partial charge in [0.05, 0.1) is 0 Å². The molecule has 0 aliphatic heterocycles. The average molecular weight is 232 g/mol. The van der Waals surface area contributed by atoms with E-state index in [-0.39, 0.29) is 11.3 Å². The second-order valence-corrected chi connectivity index (χ2v) is 6.64. The molecule has 2 nitrogen and oxygen atoms in total. The summed E-state index contributed by atoms with van der Waals surface area (Å²) < 4.78 is 0.